The summed E-state index contributed by atoms with van der Waals surface area (Å²) in [6.45, 7) is 6.43. The van der Waals surface area contributed by atoms with Crippen LogP contribution in [-0.4, -0.2) is 43.5 Å². The lowest BCUT2D eigenvalue weighted by molar-refractivity contribution is -0.148. The monoisotopic (exact) mass is 520 g/mol. The maximum atomic E-state index is 13.7. The Bertz CT molecular complexity index is 1580. The second-order valence-corrected chi connectivity index (χ2v) is 10.9. The lowest BCUT2D eigenvalue weighted by atomic mass is 9.98. The molecule has 1 aliphatic rings. The number of sulfone groups is 1. The molecule has 0 amide bonds. The zero-order valence-electron chi connectivity index (χ0n) is 21.0. The van der Waals surface area contributed by atoms with Crippen molar-refractivity contribution in [3.63, 3.8) is 0 Å². The molecular formula is C27H28N4O5S. The van der Waals surface area contributed by atoms with Crippen LogP contribution in [0.5, 0.6) is 0 Å². The Morgan fingerprint density at radius 2 is 1.97 bits per heavy atom. The number of anilines is 1. The molecule has 1 fully saturated rings. The molecule has 3 heterocycles. The lowest BCUT2D eigenvalue weighted by Crippen LogP contribution is -2.41. The summed E-state index contributed by atoms with van der Waals surface area (Å²) in [5, 5.41) is 9.86. The SMILES string of the molecule is CCOC(=O)[C@H]1CCCN(c2nc3c(C)cccn3c(=O)c2/C=C(\C#N)S(=O)(=O)c2ccc(C)cc2)C1. The van der Waals surface area contributed by atoms with Crippen molar-refractivity contribution >= 4 is 33.3 Å². The van der Waals surface area contributed by atoms with Crippen molar-refractivity contribution in [3.05, 3.63) is 74.5 Å². The van der Waals surface area contributed by atoms with Crippen LogP contribution in [0.15, 0.2) is 57.2 Å². The normalized spacial score (nSPS) is 16.4. The molecule has 0 unspecified atom stereocenters. The molecule has 0 aliphatic carbocycles. The Morgan fingerprint density at radius 3 is 2.65 bits per heavy atom. The molecule has 10 heteroatoms. The molecule has 1 aromatic carbocycles. The van der Waals surface area contributed by atoms with Gasteiger partial charge in [-0.25, -0.2) is 13.4 Å². The van der Waals surface area contributed by atoms with Crippen molar-refractivity contribution in [3.8, 4) is 6.07 Å². The quantitative estimate of drug-likeness (QED) is 0.358. The van der Waals surface area contributed by atoms with Crippen molar-refractivity contribution in [2.45, 2.75) is 38.5 Å². The number of nitrogens with zero attached hydrogens (tertiary/aromatic N) is 4. The second kappa shape index (κ2) is 10.6. The minimum atomic E-state index is -4.19. The number of hydrogen-bond donors (Lipinski definition) is 0. The van der Waals surface area contributed by atoms with Gasteiger partial charge >= 0.3 is 5.97 Å². The summed E-state index contributed by atoms with van der Waals surface area (Å²) in [4.78, 5) is 32.1. The Labute approximate surface area is 215 Å². The molecular weight excluding hydrogens is 492 g/mol. The van der Waals surface area contributed by atoms with Gasteiger partial charge in [0.1, 0.15) is 22.4 Å². The van der Waals surface area contributed by atoms with Gasteiger partial charge < -0.3 is 9.64 Å². The van der Waals surface area contributed by atoms with Crippen LogP contribution in [0.4, 0.5) is 5.82 Å². The number of pyridine rings is 1. The van der Waals surface area contributed by atoms with Crippen LogP contribution in [0.2, 0.25) is 0 Å². The van der Waals surface area contributed by atoms with Crippen LogP contribution < -0.4 is 10.5 Å². The van der Waals surface area contributed by atoms with Crippen LogP contribution in [0.25, 0.3) is 11.7 Å². The Morgan fingerprint density at radius 1 is 1.24 bits per heavy atom. The topological polar surface area (TPSA) is 122 Å². The summed E-state index contributed by atoms with van der Waals surface area (Å²) in [6.07, 6.45) is 3.95. The molecule has 0 spiro atoms. The number of esters is 1. The van der Waals surface area contributed by atoms with E-state index in [0.29, 0.717) is 25.0 Å². The minimum Gasteiger partial charge on any atom is -0.466 e. The third-order valence-corrected chi connectivity index (χ3v) is 8.09. The molecule has 192 valence electrons. The van der Waals surface area contributed by atoms with E-state index >= 15 is 0 Å². The largest absolute Gasteiger partial charge is 0.466 e. The fraction of sp³-hybridized carbons (Fsp3) is 0.333. The van der Waals surface area contributed by atoms with Gasteiger partial charge in [0.25, 0.3) is 5.56 Å². The van der Waals surface area contributed by atoms with Crippen LogP contribution in [-0.2, 0) is 19.4 Å². The van der Waals surface area contributed by atoms with Crippen molar-refractivity contribution in [1.29, 1.82) is 5.26 Å². The standard InChI is InChI=1S/C27H28N4O5S/c1-4-36-27(33)20-8-6-13-30(17-20)25-23(26(32)31-14-5-7-19(3)24(31)29-25)15-22(16-28)37(34,35)21-11-9-18(2)10-12-21/h5,7,9-12,14-15,20H,4,6,8,13,17H2,1-3H3/b22-15+/t20-/m0/s1. The highest BCUT2D eigenvalue weighted by atomic mass is 32.2. The molecule has 0 N–H and O–H groups in total. The van der Waals surface area contributed by atoms with Gasteiger partial charge in [0.2, 0.25) is 9.84 Å². The second-order valence-electron chi connectivity index (χ2n) is 9.01. The predicted molar refractivity (Wildman–Crippen MR) is 140 cm³/mol. The third kappa shape index (κ3) is 5.13. The number of rotatable bonds is 6. The van der Waals surface area contributed by atoms with E-state index in [-0.39, 0.29) is 35.4 Å². The number of piperidine rings is 1. The van der Waals surface area contributed by atoms with Gasteiger partial charge in [0.05, 0.1) is 23.0 Å². The summed E-state index contributed by atoms with van der Waals surface area (Å²) in [5.74, 6) is -0.493. The first-order chi connectivity index (χ1) is 17.7. The van der Waals surface area contributed by atoms with Crippen LogP contribution in [0.1, 0.15) is 36.5 Å². The zero-order valence-corrected chi connectivity index (χ0v) is 21.8. The molecule has 0 radical (unpaired) electrons. The Hall–Kier alpha value is -3.97. The van der Waals surface area contributed by atoms with Crippen LogP contribution >= 0.6 is 0 Å². The fourth-order valence-electron chi connectivity index (χ4n) is 4.44. The van der Waals surface area contributed by atoms with Gasteiger partial charge in [0, 0.05) is 19.3 Å². The van der Waals surface area contributed by atoms with Gasteiger partial charge in [-0.3, -0.25) is 14.0 Å². The number of fused-ring (bicyclic) bond motifs is 1. The summed E-state index contributed by atoms with van der Waals surface area (Å²) in [7, 11) is -4.19. The first-order valence-electron chi connectivity index (χ1n) is 12.0. The molecule has 4 rings (SSSR count). The number of carbonyl (C=O) groups excluding carboxylic acids is 1. The number of ether oxygens (including phenoxy) is 1. The van der Waals surface area contributed by atoms with E-state index in [1.165, 1.54) is 16.5 Å². The van der Waals surface area contributed by atoms with E-state index in [9.17, 15) is 23.3 Å². The first-order valence-corrected chi connectivity index (χ1v) is 13.5. The average Bonchev–Trinajstić information content (AvgIpc) is 2.89. The highest BCUT2D eigenvalue weighted by Crippen LogP contribution is 2.28. The van der Waals surface area contributed by atoms with Gasteiger partial charge in [-0.1, -0.05) is 23.8 Å². The molecule has 3 aromatic rings. The predicted octanol–water partition coefficient (Wildman–Crippen LogP) is 3.43. The smallest absolute Gasteiger partial charge is 0.310 e. The summed E-state index contributed by atoms with van der Waals surface area (Å²) < 4.78 is 33.2. The van der Waals surface area contributed by atoms with Crippen LogP contribution in [0, 0.1) is 31.1 Å². The van der Waals surface area contributed by atoms with E-state index in [0.717, 1.165) is 17.2 Å². The van der Waals surface area contributed by atoms with E-state index in [2.05, 4.69) is 0 Å². The Kier molecular flexibility index (Phi) is 7.45. The number of benzene rings is 1. The molecule has 1 atom stereocenters. The summed E-state index contributed by atoms with van der Waals surface area (Å²) >= 11 is 0. The van der Waals surface area contributed by atoms with E-state index in [1.54, 1.807) is 42.3 Å². The van der Waals surface area contributed by atoms with Crippen LogP contribution in [0.3, 0.4) is 0 Å². The first kappa shape index (κ1) is 26.1. The molecule has 0 saturated carbocycles. The maximum Gasteiger partial charge on any atom is 0.310 e. The highest BCUT2D eigenvalue weighted by molar-refractivity contribution is 7.95. The van der Waals surface area contributed by atoms with Gasteiger partial charge in [-0.05, 0) is 63.5 Å². The van der Waals surface area contributed by atoms with E-state index in [4.69, 9.17) is 9.72 Å². The van der Waals surface area contributed by atoms with E-state index < -0.39 is 26.2 Å². The molecule has 9 nitrogen and oxygen atoms in total. The van der Waals surface area contributed by atoms with Gasteiger partial charge in [-0.15, -0.1) is 0 Å². The molecule has 1 saturated heterocycles. The number of hydrogen-bond acceptors (Lipinski definition) is 8. The number of aromatic nitrogens is 2. The van der Waals surface area contributed by atoms with E-state index in [1.807, 2.05) is 19.9 Å². The number of aryl methyl sites for hydroxylation is 2. The number of carbonyl (C=O) groups is 1. The van der Waals surface area contributed by atoms with Crippen molar-refractivity contribution in [2.75, 3.05) is 24.6 Å². The molecule has 1 aliphatic heterocycles. The summed E-state index contributed by atoms with van der Waals surface area (Å²) in [6, 6.07) is 11.4. The summed E-state index contributed by atoms with van der Waals surface area (Å²) in [5.41, 5.74) is 1.51. The van der Waals surface area contributed by atoms with Crippen molar-refractivity contribution in [1.82, 2.24) is 9.38 Å². The minimum absolute atomic E-state index is 0.0279. The van der Waals surface area contributed by atoms with Gasteiger partial charge in [-0.2, -0.15) is 5.26 Å². The maximum absolute atomic E-state index is 13.7. The van der Waals surface area contributed by atoms with Gasteiger partial charge in [0.15, 0.2) is 0 Å². The average molecular weight is 521 g/mol. The fourth-order valence-corrected chi connectivity index (χ4v) is 5.58. The zero-order chi connectivity index (χ0) is 26.7. The lowest BCUT2D eigenvalue weighted by Gasteiger charge is -2.33. The molecule has 0 bridgehead atoms. The molecule has 2 aromatic heterocycles. The molecule has 37 heavy (non-hydrogen) atoms. The third-order valence-electron chi connectivity index (χ3n) is 6.41. The number of allylic oxidation sites excluding steroid dienone is 1. The number of nitriles is 1. The Balaban J connectivity index is 1.91. The van der Waals surface area contributed by atoms with Crippen molar-refractivity contribution in [2.24, 2.45) is 5.92 Å². The highest BCUT2D eigenvalue weighted by Gasteiger charge is 2.30. The van der Waals surface area contributed by atoms with Crippen molar-refractivity contribution < 1.29 is 17.9 Å².